The van der Waals surface area contributed by atoms with Crippen LogP contribution < -0.4 is 5.32 Å². The van der Waals surface area contributed by atoms with Gasteiger partial charge in [-0.15, -0.1) is 0 Å². The van der Waals surface area contributed by atoms with Gasteiger partial charge >= 0.3 is 0 Å². The molecule has 15 heavy (non-hydrogen) atoms. The third-order valence-corrected chi connectivity index (χ3v) is 2.47. The Labute approximate surface area is 93.5 Å². The largest absolute Gasteiger partial charge is 0.376 e. The summed E-state index contributed by atoms with van der Waals surface area (Å²) >= 11 is 5.92. The van der Waals surface area contributed by atoms with Crippen LogP contribution in [0.1, 0.15) is 18.5 Å². The van der Waals surface area contributed by atoms with E-state index in [1.165, 1.54) is 0 Å². The molecule has 4 heteroatoms. The van der Waals surface area contributed by atoms with Crippen LogP contribution in [0.2, 0.25) is 5.02 Å². The molecular weight excluding hydrogens is 210 g/mol. The molecule has 0 aliphatic carbocycles. The molecule has 78 valence electrons. The average molecular weight is 222 g/mol. The van der Waals surface area contributed by atoms with Crippen molar-refractivity contribution < 1.29 is 0 Å². The van der Waals surface area contributed by atoms with Gasteiger partial charge < -0.3 is 5.32 Å². The number of anilines is 1. The van der Waals surface area contributed by atoms with E-state index < -0.39 is 0 Å². The van der Waals surface area contributed by atoms with Crippen molar-refractivity contribution in [2.45, 2.75) is 13.0 Å². The lowest BCUT2D eigenvalue weighted by atomic mass is 10.1. The number of hydrogen-bond donors (Lipinski definition) is 2. The highest BCUT2D eigenvalue weighted by Gasteiger charge is 2.05. The van der Waals surface area contributed by atoms with E-state index >= 15 is 0 Å². The maximum absolute atomic E-state index is 5.92. The van der Waals surface area contributed by atoms with Gasteiger partial charge in [-0.2, -0.15) is 5.10 Å². The number of hydrogen-bond acceptors (Lipinski definition) is 2. The van der Waals surface area contributed by atoms with Crippen LogP contribution in [-0.2, 0) is 0 Å². The molecule has 0 amide bonds. The third-order valence-electron chi connectivity index (χ3n) is 2.23. The molecule has 1 aromatic heterocycles. The van der Waals surface area contributed by atoms with E-state index in [0.717, 1.165) is 16.3 Å². The Morgan fingerprint density at radius 1 is 1.47 bits per heavy atom. The van der Waals surface area contributed by atoms with Crippen molar-refractivity contribution in [1.29, 1.82) is 0 Å². The normalized spacial score (nSPS) is 12.4. The van der Waals surface area contributed by atoms with Crippen LogP contribution in [-0.4, -0.2) is 10.2 Å². The standard InChI is InChI=1S/C11H12ClN3/c1-8(15-11-6-13-14-7-11)9-3-2-4-10(12)5-9/h2-8,15H,1H3,(H,13,14). The highest BCUT2D eigenvalue weighted by atomic mass is 35.5. The van der Waals surface area contributed by atoms with E-state index in [2.05, 4.69) is 22.4 Å². The highest BCUT2D eigenvalue weighted by molar-refractivity contribution is 6.30. The molecule has 2 N–H and O–H groups in total. The predicted octanol–water partition coefficient (Wildman–Crippen LogP) is 3.24. The molecule has 0 bridgehead atoms. The average Bonchev–Trinajstić information content (AvgIpc) is 2.70. The Hall–Kier alpha value is -1.48. The van der Waals surface area contributed by atoms with Gasteiger partial charge in [0.25, 0.3) is 0 Å². The number of nitrogens with one attached hydrogen (secondary N) is 2. The predicted molar refractivity (Wildman–Crippen MR) is 62.1 cm³/mol. The van der Waals surface area contributed by atoms with Gasteiger partial charge in [-0.05, 0) is 24.6 Å². The van der Waals surface area contributed by atoms with Crippen molar-refractivity contribution >= 4 is 17.3 Å². The van der Waals surface area contributed by atoms with Crippen LogP contribution in [0.25, 0.3) is 0 Å². The Kier molecular flexibility index (Phi) is 2.92. The Bertz CT molecular complexity index is 425. The zero-order chi connectivity index (χ0) is 10.7. The minimum Gasteiger partial charge on any atom is -0.376 e. The lowest BCUT2D eigenvalue weighted by Crippen LogP contribution is -2.05. The summed E-state index contributed by atoms with van der Waals surface area (Å²) in [6, 6.07) is 8.03. The quantitative estimate of drug-likeness (QED) is 0.836. The van der Waals surface area contributed by atoms with Gasteiger partial charge in [-0.3, -0.25) is 5.10 Å². The molecule has 0 fully saturated rings. The highest BCUT2D eigenvalue weighted by Crippen LogP contribution is 2.20. The molecule has 0 saturated carbocycles. The molecule has 0 saturated heterocycles. The summed E-state index contributed by atoms with van der Waals surface area (Å²) in [7, 11) is 0. The first-order valence-electron chi connectivity index (χ1n) is 4.76. The summed E-state index contributed by atoms with van der Waals surface area (Å²) in [6.07, 6.45) is 3.57. The van der Waals surface area contributed by atoms with Crippen molar-refractivity contribution in [3.63, 3.8) is 0 Å². The fraction of sp³-hybridized carbons (Fsp3) is 0.182. The second-order valence-corrected chi connectivity index (χ2v) is 3.84. The van der Waals surface area contributed by atoms with Crippen LogP contribution >= 0.6 is 11.6 Å². The molecule has 0 aliphatic rings. The first-order valence-corrected chi connectivity index (χ1v) is 5.14. The minimum absolute atomic E-state index is 0.210. The molecule has 1 atom stereocenters. The molecule has 2 rings (SSSR count). The van der Waals surface area contributed by atoms with Crippen LogP contribution in [0.4, 0.5) is 5.69 Å². The molecule has 1 unspecified atom stereocenters. The second kappa shape index (κ2) is 4.36. The summed E-state index contributed by atoms with van der Waals surface area (Å²) in [6.45, 7) is 2.08. The lowest BCUT2D eigenvalue weighted by Gasteiger charge is -2.13. The molecule has 1 aromatic carbocycles. The lowest BCUT2D eigenvalue weighted by molar-refractivity contribution is 0.885. The SMILES string of the molecule is CC(Nc1cn[nH]c1)c1cccc(Cl)c1. The maximum Gasteiger partial charge on any atom is 0.0728 e. The number of aromatic nitrogens is 2. The number of nitrogens with zero attached hydrogens (tertiary/aromatic N) is 1. The second-order valence-electron chi connectivity index (χ2n) is 3.41. The van der Waals surface area contributed by atoms with E-state index in [0.29, 0.717) is 0 Å². The molecule has 0 aliphatic heterocycles. The molecule has 1 heterocycles. The Morgan fingerprint density at radius 2 is 2.33 bits per heavy atom. The van der Waals surface area contributed by atoms with Gasteiger partial charge in [0.2, 0.25) is 0 Å². The maximum atomic E-state index is 5.92. The first-order chi connectivity index (χ1) is 7.25. The first kappa shape index (κ1) is 10.1. The molecular formula is C11H12ClN3. The summed E-state index contributed by atoms with van der Waals surface area (Å²) in [5.74, 6) is 0. The number of H-pyrrole nitrogens is 1. The monoisotopic (exact) mass is 221 g/mol. The number of aromatic amines is 1. The van der Waals surface area contributed by atoms with Gasteiger partial charge in [-0.25, -0.2) is 0 Å². The summed E-state index contributed by atoms with van der Waals surface area (Å²) < 4.78 is 0. The van der Waals surface area contributed by atoms with Crippen molar-refractivity contribution in [3.05, 3.63) is 47.2 Å². The van der Waals surface area contributed by atoms with Crippen LogP contribution in [0.5, 0.6) is 0 Å². The van der Waals surface area contributed by atoms with Gasteiger partial charge in [0.05, 0.1) is 11.9 Å². The van der Waals surface area contributed by atoms with E-state index in [9.17, 15) is 0 Å². The van der Waals surface area contributed by atoms with Crippen LogP contribution in [0.15, 0.2) is 36.7 Å². The van der Waals surface area contributed by atoms with E-state index in [-0.39, 0.29) is 6.04 Å². The zero-order valence-corrected chi connectivity index (χ0v) is 9.12. The van der Waals surface area contributed by atoms with Crippen molar-refractivity contribution in [1.82, 2.24) is 10.2 Å². The number of halogens is 1. The molecule has 2 aromatic rings. The van der Waals surface area contributed by atoms with Gasteiger partial charge in [0.1, 0.15) is 0 Å². The molecule has 0 spiro atoms. The molecule has 3 nitrogen and oxygen atoms in total. The van der Waals surface area contributed by atoms with E-state index in [4.69, 9.17) is 11.6 Å². The summed E-state index contributed by atoms with van der Waals surface area (Å²) in [4.78, 5) is 0. The van der Waals surface area contributed by atoms with Crippen LogP contribution in [0, 0.1) is 0 Å². The Balaban J connectivity index is 2.11. The van der Waals surface area contributed by atoms with E-state index in [1.807, 2.05) is 30.5 Å². The fourth-order valence-corrected chi connectivity index (χ4v) is 1.64. The van der Waals surface area contributed by atoms with Gasteiger partial charge in [0, 0.05) is 17.3 Å². The summed E-state index contributed by atoms with van der Waals surface area (Å²) in [5.41, 5.74) is 2.13. The van der Waals surface area contributed by atoms with Crippen molar-refractivity contribution in [2.24, 2.45) is 0 Å². The number of rotatable bonds is 3. The van der Waals surface area contributed by atoms with Gasteiger partial charge in [0.15, 0.2) is 0 Å². The van der Waals surface area contributed by atoms with Crippen molar-refractivity contribution in [2.75, 3.05) is 5.32 Å². The van der Waals surface area contributed by atoms with Crippen molar-refractivity contribution in [3.8, 4) is 0 Å². The molecule has 0 radical (unpaired) electrons. The smallest absolute Gasteiger partial charge is 0.0728 e. The third kappa shape index (κ3) is 2.50. The Morgan fingerprint density at radius 3 is 3.00 bits per heavy atom. The van der Waals surface area contributed by atoms with Crippen LogP contribution in [0.3, 0.4) is 0 Å². The minimum atomic E-state index is 0.210. The number of benzene rings is 1. The fourth-order valence-electron chi connectivity index (χ4n) is 1.44. The zero-order valence-electron chi connectivity index (χ0n) is 8.37. The topological polar surface area (TPSA) is 40.7 Å². The van der Waals surface area contributed by atoms with E-state index in [1.54, 1.807) is 6.20 Å². The van der Waals surface area contributed by atoms with Gasteiger partial charge in [-0.1, -0.05) is 23.7 Å². The summed E-state index contributed by atoms with van der Waals surface area (Å²) in [5, 5.41) is 10.7.